The number of benzene rings is 1. The van der Waals surface area contributed by atoms with Crippen LogP contribution in [0.4, 0.5) is 4.39 Å². The number of ether oxygens (including phenoxy) is 2. The van der Waals surface area contributed by atoms with Gasteiger partial charge in [-0.3, -0.25) is 0 Å². The predicted octanol–water partition coefficient (Wildman–Crippen LogP) is 4.00. The molecule has 4 heteroatoms. The summed E-state index contributed by atoms with van der Waals surface area (Å²) in [4.78, 5) is 0. The average Bonchev–Trinajstić information content (AvgIpc) is 2.73. The first-order chi connectivity index (χ1) is 10.1. The van der Waals surface area contributed by atoms with Crippen molar-refractivity contribution < 1.29 is 19.0 Å². The molecule has 0 bridgehead atoms. The highest BCUT2D eigenvalue weighted by atomic mass is 19.1. The Morgan fingerprint density at radius 3 is 2.43 bits per heavy atom. The van der Waals surface area contributed by atoms with Gasteiger partial charge in [-0.2, -0.15) is 0 Å². The number of hydrogen-bond donors (Lipinski definition) is 1. The standard InChI is InChI=1S/C17H25FO3/c1-3-21-17(10-6-4-5-7-11-17)16(19)13-8-9-15(20-2)14(18)12-13/h8-9,12,16,19H,3-7,10-11H2,1-2H3. The molecule has 1 fully saturated rings. The van der Waals surface area contributed by atoms with Crippen LogP contribution in [0.2, 0.25) is 0 Å². The van der Waals surface area contributed by atoms with Crippen molar-refractivity contribution in [3.63, 3.8) is 0 Å². The van der Waals surface area contributed by atoms with E-state index in [0.29, 0.717) is 12.2 Å². The maximum absolute atomic E-state index is 13.9. The number of aliphatic hydroxyl groups is 1. The Morgan fingerprint density at radius 2 is 1.90 bits per heavy atom. The van der Waals surface area contributed by atoms with Crippen LogP contribution in [0.1, 0.15) is 57.1 Å². The Morgan fingerprint density at radius 1 is 1.24 bits per heavy atom. The average molecular weight is 296 g/mol. The molecule has 0 saturated heterocycles. The highest BCUT2D eigenvalue weighted by Gasteiger charge is 2.40. The van der Waals surface area contributed by atoms with Gasteiger partial charge in [0.25, 0.3) is 0 Å². The Bertz CT molecular complexity index is 453. The maximum Gasteiger partial charge on any atom is 0.165 e. The SMILES string of the molecule is CCOC1(C(O)c2ccc(OC)c(F)c2)CCCCCC1. The van der Waals surface area contributed by atoms with Gasteiger partial charge in [-0.1, -0.05) is 31.7 Å². The Kier molecular flexibility index (Phi) is 5.59. The highest BCUT2D eigenvalue weighted by Crippen LogP contribution is 2.41. The summed E-state index contributed by atoms with van der Waals surface area (Å²) in [5.41, 5.74) is -0.0321. The van der Waals surface area contributed by atoms with Gasteiger partial charge in [0.1, 0.15) is 6.10 Å². The van der Waals surface area contributed by atoms with E-state index in [9.17, 15) is 9.50 Å². The first kappa shape index (κ1) is 16.2. The van der Waals surface area contributed by atoms with Crippen LogP contribution in [0.3, 0.4) is 0 Å². The van der Waals surface area contributed by atoms with E-state index in [1.807, 2.05) is 6.92 Å². The zero-order valence-corrected chi connectivity index (χ0v) is 12.9. The van der Waals surface area contributed by atoms with E-state index in [0.717, 1.165) is 25.7 Å². The summed E-state index contributed by atoms with van der Waals surface area (Å²) in [7, 11) is 1.43. The van der Waals surface area contributed by atoms with E-state index in [4.69, 9.17) is 9.47 Å². The van der Waals surface area contributed by atoms with Crippen molar-refractivity contribution in [2.75, 3.05) is 13.7 Å². The van der Waals surface area contributed by atoms with Gasteiger partial charge < -0.3 is 14.6 Å². The third-order valence-corrected chi connectivity index (χ3v) is 4.37. The molecule has 0 aromatic heterocycles. The number of hydrogen-bond acceptors (Lipinski definition) is 3. The van der Waals surface area contributed by atoms with Gasteiger partial charge in [-0.15, -0.1) is 0 Å². The second kappa shape index (κ2) is 7.23. The van der Waals surface area contributed by atoms with Gasteiger partial charge in [0.15, 0.2) is 11.6 Å². The Labute approximate surface area is 126 Å². The van der Waals surface area contributed by atoms with Crippen LogP contribution < -0.4 is 4.74 Å². The fourth-order valence-electron chi connectivity index (χ4n) is 3.27. The molecule has 0 amide bonds. The smallest absolute Gasteiger partial charge is 0.165 e. The lowest BCUT2D eigenvalue weighted by molar-refractivity contribution is -0.131. The highest BCUT2D eigenvalue weighted by molar-refractivity contribution is 5.31. The monoisotopic (exact) mass is 296 g/mol. The van der Waals surface area contributed by atoms with Gasteiger partial charge in [-0.05, 0) is 37.5 Å². The van der Waals surface area contributed by atoms with Crippen LogP contribution in [0.25, 0.3) is 0 Å². The zero-order valence-electron chi connectivity index (χ0n) is 12.9. The van der Waals surface area contributed by atoms with Crippen LogP contribution in [-0.2, 0) is 4.74 Å². The lowest BCUT2D eigenvalue weighted by Gasteiger charge is -2.37. The lowest BCUT2D eigenvalue weighted by atomic mass is 9.84. The molecule has 0 radical (unpaired) electrons. The van der Waals surface area contributed by atoms with E-state index in [1.165, 1.54) is 26.0 Å². The van der Waals surface area contributed by atoms with Gasteiger partial charge in [-0.25, -0.2) is 4.39 Å². The van der Waals surface area contributed by atoms with E-state index in [-0.39, 0.29) is 5.75 Å². The molecule has 0 spiro atoms. The van der Waals surface area contributed by atoms with Crippen molar-refractivity contribution in [1.82, 2.24) is 0 Å². The summed E-state index contributed by atoms with van der Waals surface area (Å²) in [5, 5.41) is 10.8. The molecule has 21 heavy (non-hydrogen) atoms. The minimum atomic E-state index is -0.809. The summed E-state index contributed by atoms with van der Waals surface area (Å²) >= 11 is 0. The molecule has 1 aromatic rings. The molecule has 1 unspecified atom stereocenters. The van der Waals surface area contributed by atoms with Crippen LogP contribution in [0.5, 0.6) is 5.75 Å². The Hall–Kier alpha value is -1.13. The number of rotatable bonds is 5. The fourth-order valence-corrected chi connectivity index (χ4v) is 3.27. The van der Waals surface area contributed by atoms with Crippen molar-refractivity contribution in [2.45, 2.75) is 57.2 Å². The van der Waals surface area contributed by atoms with E-state index in [2.05, 4.69) is 0 Å². The molecule has 1 aliphatic rings. The summed E-state index contributed by atoms with van der Waals surface area (Å²) in [6, 6.07) is 4.64. The normalized spacial score (nSPS) is 19.8. The van der Waals surface area contributed by atoms with Gasteiger partial charge in [0.2, 0.25) is 0 Å². The summed E-state index contributed by atoms with van der Waals surface area (Å²) < 4.78 is 24.8. The number of methoxy groups -OCH3 is 1. The fraction of sp³-hybridized carbons (Fsp3) is 0.647. The minimum absolute atomic E-state index is 0.192. The van der Waals surface area contributed by atoms with Crippen LogP contribution in [0.15, 0.2) is 18.2 Å². The van der Waals surface area contributed by atoms with Crippen LogP contribution in [0, 0.1) is 5.82 Å². The zero-order chi connectivity index (χ0) is 15.3. The minimum Gasteiger partial charge on any atom is -0.494 e. The molecular formula is C17H25FO3. The number of halogens is 1. The molecule has 3 nitrogen and oxygen atoms in total. The number of aliphatic hydroxyl groups excluding tert-OH is 1. The predicted molar refractivity (Wildman–Crippen MR) is 80.0 cm³/mol. The lowest BCUT2D eigenvalue weighted by Crippen LogP contribution is -2.39. The second-order valence-corrected chi connectivity index (χ2v) is 5.71. The molecule has 1 atom stereocenters. The summed E-state index contributed by atoms with van der Waals surface area (Å²) in [6.45, 7) is 2.49. The molecule has 1 N–H and O–H groups in total. The van der Waals surface area contributed by atoms with Gasteiger partial charge >= 0.3 is 0 Å². The maximum atomic E-state index is 13.9. The topological polar surface area (TPSA) is 38.7 Å². The molecular weight excluding hydrogens is 271 g/mol. The molecule has 1 saturated carbocycles. The molecule has 1 aliphatic carbocycles. The molecule has 0 aliphatic heterocycles. The quantitative estimate of drug-likeness (QED) is 0.835. The third-order valence-electron chi connectivity index (χ3n) is 4.37. The Balaban J connectivity index is 2.28. The van der Waals surface area contributed by atoms with E-state index < -0.39 is 17.5 Å². The van der Waals surface area contributed by atoms with Crippen molar-refractivity contribution in [1.29, 1.82) is 0 Å². The van der Waals surface area contributed by atoms with Gasteiger partial charge in [0, 0.05) is 6.61 Å². The van der Waals surface area contributed by atoms with Crippen molar-refractivity contribution in [3.05, 3.63) is 29.6 Å². The van der Waals surface area contributed by atoms with Gasteiger partial charge in [0.05, 0.1) is 12.7 Å². The summed E-state index contributed by atoms with van der Waals surface area (Å²) in [6.07, 6.45) is 5.23. The first-order valence-electron chi connectivity index (χ1n) is 7.78. The molecule has 1 aromatic carbocycles. The van der Waals surface area contributed by atoms with Crippen LogP contribution in [-0.4, -0.2) is 24.4 Å². The van der Waals surface area contributed by atoms with Crippen molar-refractivity contribution in [2.24, 2.45) is 0 Å². The molecule has 118 valence electrons. The van der Waals surface area contributed by atoms with Crippen molar-refractivity contribution >= 4 is 0 Å². The first-order valence-corrected chi connectivity index (χ1v) is 7.78. The summed E-state index contributed by atoms with van der Waals surface area (Å²) in [5.74, 6) is -0.258. The molecule has 0 heterocycles. The van der Waals surface area contributed by atoms with Crippen LogP contribution >= 0.6 is 0 Å². The van der Waals surface area contributed by atoms with E-state index in [1.54, 1.807) is 12.1 Å². The molecule has 2 rings (SSSR count). The largest absolute Gasteiger partial charge is 0.494 e. The van der Waals surface area contributed by atoms with Crippen molar-refractivity contribution in [3.8, 4) is 5.75 Å². The third kappa shape index (κ3) is 3.55. The second-order valence-electron chi connectivity index (χ2n) is 5.71. The van der Waals surface area contributed by atoms with E-state index >= 15 is 0 Å².